The molecule has 0 saturated carbocycles. The van der Waals surface area contributed by atoms with Gasteiger partial charge in [-0.1, -0.05) is 90.9 Å². The Bertz CT molecular complexity index is 324. The van der Waals surface area contributed by atoms with Crippen molar-refractivity contribution in [2.45, 2.75) is 129 Å². The quantitative estimate of drug-likeness (QED) is 0.216. The van der Waals surface area contributed by atoms with Crippen molar-refractivity contribution in [2.24, 2.45) is 5.73 Å². The Kier molecular flexibility index (Phi) is 17.3. The highest BCUT2D eigenvalue weighted by Gasteiger charge is 2.23. The highest BCUT2D eigenvalue weighted by atomic mass is 16.5. The molecule has 2 unspecified atom stereocenters. The second kappa shape index (κ2) is 17.7. The second-order valence-corrected chi connectivity index (χ2v) is 7.57. The lowest BCUT2D eigenvalue weighted by atomic mass is 10.0. The summed E-state index contributed by atoms with van der Waals surface area (Å²) in [7, 11) is 0. The lowest BCUT2D eigenvalue weighted by Crippen LogP contribution is -2.53. The number of nitrogens with two attached hydrogens (primary N) is 1. The molecule has 0 rings (SSSR count). The van der Waals surface area contributed by atoms with Crippen LogP contribution in [0.15, 0.2) is 0 Å². The van der Waals surface area contributed by atoms with Gasteiger partial charge in [0, 0.05) is 12.5 Å². The van der Waals surface area contributed by atoms with E-state index in [2.05, 4.69) is 12.2 Å². The standard InChI is InChI=1S/C21H44N2O3/c1-3-5-6-7-8-9-10-11-12-13-14-15-16-17-19(24)23-18(4-2)20(22)21(25)26/h18,20-21,25-26H,3-17,22H2,1-2H3,(H,23,24). The second-order valence-electron chi connectivity index (χ2n) is 7.57. The molecule has 156 valence electrons. The molecule has 0 aromatic carbocycles. The molecule has 0 fully saturated rings. The predicted octanol–water partition coefficient (Wildman–Crippen LogP) is 4.00. The summed E-state index contributed by atoms with van der Waals surface area (Å²) in [6, 6.07) is -1.22. The van der Waals surface area contributed by atoms with Crippen molar-refractivity contribution in [1.29, 1.82) is 0 Å². The Balaban J connectivity index is 3.45. The molecule has 2 atom stereocenters. The van der Waals surface area contributed by atoms with Crippen LogP contribution in [0.5, 0.6) is 0 Å². The van der Waals surface area contributed by atoms with Crippen LogP contribution < -0.4 is 11.1 Å². The van der Waals surface area contributed by atoms with Gasteiger partial charge in [0.25, 0.3) is 0 Å². The summed E-state index contributed by atoms with van der Waals surface area (Å²) in [6.07, 6.45) is 16.2. The summed E-state index contributed by atoms with van der Waals surface area (Å²) >= 11 is 0. The number of aliphatic hydroxyl groups is 2. The van der Waals surface area contributed by atoms with Gasteiger partial charge in [0.05, 0.1) is 6.04 Å². The first kappa shape index (κ1) is 25.4. The minimum absolute atomic E-state index is 0.0453. The van der Waals surface area contributed by atoms with E-state index in [0.717, 1.165) is 12.8 Å². The fourth-order valence-electron chi connectivity index (χ4n) is 3.26. The molecular formula is C21H44N2O3. The zero-order valence-electron chi connectivity index (χ0n) is 17.2. The van der Waals surface area contributed by atoms with Gasteiger partial charge in [-0.2, -0.15) is 0 Å². The highest BCUT2D eigenvalue weighted by molar-refractivity contribution is 5.76. The summed E-state index contributed by atoms with van der Waals surface area (Å²) in [6.45, 7) is 4.13. The molecule has 26 heavy (non-hydrogen) atoms. The topological polar surface area (TPSA) is 95.6 Å². The van der Waals surface area contributed by atoms with Crippen LogP contribution >= 0.6 is 0 Å². The Morgan fingerprint density at radius 3 is 1.62 bits per heavy atom. The number of hydrogen-bond donors (Lipinski definition) is 4. The minimum atomic E-state index is -1.60. The first-order valence-electron chi connectivity index (χ1n) is 10.9. The first-order chi connectivity index (χ1) is 12.5. The van der Waals surface area contributed by atoms with Crippen LogP contribution in [0.25, 0.3) is 0 Å². The Labute approximate surface area is 161 Å². The maximum Gasteiger partial charge on any atom is 0.220 e. The number of carbonyl (C=O) groups excluding carboxylic acids is 1. The van der Waals surface area contributed by atoms with Crippen LogP contribution in [0.4, 0.5) is 0 Å². The third-order valence-corrected chi connectivity index (χ3v) is 5.10. The van der Waals surface area contributed by atoms with Gasteiger partial charge in [-0.05, 0) is 12.8 Å². The SMILES string of the molecule is CCCCCCCCCCCCCCCC(=O)NC(CC)C(N)C(O)O. The van der Waals surface area contributed by atoms with Gasteiger partial charge in [0.15, 0.2) is 6.29 Å². The number of nitrogens with one attached hydrogen (secondary N) is 1. The van der Waals surface area contributed by atoms with Crippen molar-refractivity contribution < 1.29 is 15.0 Å². The van der Waals surface area contributed by atoms with Crippen LogP contribution in [0.1, 0.15) is 110 Å². The van der Waals surface area contributed by atoms with Crippen LogP contribution in [0.3, 0.4) is 0 Å². The summed E-state index contributed by atoms with van der Waals surface area (Å²) in [5.41, 5.74) is 5.68. The smallest absolute Gasteiger partial charge is 0.220 e. The van der Waals surface area contributed by atoms with Crippen LogP contribution in [-0.2, 0) is 4.79 Å². The molecule has 5 N–H and O–H groups in total. The molecular weight excluding hydrogens is 328 g/mol. The highest BCUT2D eigenvalue weighted by Crippen LogP contribution is 2.13. The summed E-state index contributed by atoms with van der Waals surface area (Å²) in [4.78, 5) is 11.9. The largest absolute Gasteiger partial charge is 0.367 e. The number of carbonyl (C=O) groups is 1. The number of aliphatic hydroxyl groups excluding tert-OH is 1. The van der Waals surface area contributed by atoms with Gasteiger partial charge in [-0.3, -0.25) is 4.79 Å². The molecule has 0 aliphatic carbocycles. The van der Waals surface area contributed by atoms with Crippen molar-refractivity contribution in [2.75, 3.05) is 0 Å². The minimum Gasteiger partial charge on any atom is -0.367 e. The zero-order chi connectivity index (χ0) is 19.6. The van der Waals surface area contributed by atoms with E-state index in [1.807, 2.05) is 6.92 Å². The Morgan fingerprint density at radius 2 is 1.23 bits per heavy atom. The molecule has 0 spiro atoms. The fraction of sp³-hybridized carbons (Fsp3) is 0.952. The molecule has 0 saturated heterocycles. The van der Waals surface area contributed by atoms with E-state index in [4.69, 9.17) is 15.9 Å². The lowest BCUT2D eigenvalue weighted by molar-refractivity contribution is -0.123. The summed E-state index contributed by atoms with van der Waals surface area (Å²) < 4.78 is 0. The van der Waals surface area contributed by atoms with Crippen molar-refractivity contribution in [1.82, 2.24) is 5.32 Å². The van der Waals surface area contributed by atoms with E-state index in [-0.39, 0.29) is 11.9 Å². The third-order valence-electron chi connectivity index (χ3n) is 5.10. The number of rotatable bonds is 18. The molecule has 0 aromatic rings. The normalized spacial score (nSPS) is 13.8. The van der Waals surface area contributed by atoms with Crippen LogP contribution in [0, 0.1) is 0 Å². The van der Waals surface area contributed by atoms with E-state index >= 15 is 0 Å². The average Bonchev–Trinajstić information content (AvgIpc) is 2.62. The first-order valence-corrected chi connectivity index (χ1v) is 10.9. The third kappa shape index (κ3) is 14.5. The summed E-state index contributed by atoms with van der Waals surface area (Å²) in [5.74, 6) is -0.0453. The molecule has 0 aliphatic rings. The molecule has 0 radical (unpaired) electrons. The molecule has 0 heterocycles. The Hall–Kier alpha value is -0.650. The van der Waals surface area contributed by atoms with E-state index in [1.54, 1.807) is 0 Å². The molecule has 0 aliphatic heterocycles. The number of hydrogen-bond acceptors (Lipinski definition) is 4. The molecule has 1 amide bonds. The fourth-order valence-corrected chi connectivity index (χ4v) is 3.26. The van der Waals surface area contributed by atoms with Gasteiger partial charge in [0.2, 0.25) is 5.91 Å². The van der Waals surface area contributed by atoms with E-state index in [9.17, 15) is 4.79 Å². The summed E-state index contributed by atoms with van der Waals surface area (Å²) in [5, 5.41) is 21.0. The van der Waals surface area contributed by atoms with E-state index < -0.39 is 12.3 Å². The Morgan fingerprint density at radius 1 is 0.808 bits per heavy atom. The van der Waals surface area contributed by atoms with E-state index in [0.29, 0.717) is 12.8 Å². The van der Waals surface area contributed by atoms with Crippen molar-refractivity contribution >= 4 is 5.91 Å². The van der Waals surface area contributed by atoms with Gasteiger partial charge in [-0.15, -0.1) is 0 Å². The zero-order valence-corrected chi connectivity index (χ0v) is 17.2. The predicted molar refractivity (Wildman–Crippen MR) is 109 cm³/mol. The number of amides is 1. The molecule has 0 bridgehead atoms. The average molecular weight is 373 g/mol. The van der Waals surface area contributed by atoms with Crippen LogP contribution in [-0.4, -0.2) is 34.5 Å². The van der Waals surface area contributed by atoms with Crippen molar-refractivity contribution in [3.8, 4) is 0 Å². The van der Waals surface area contributed by atoms with Crippen LogP contribution in [0.2, 0.25) is 0 Å². The van der Waals surface area contributed by atoms with Gasteiger partial charge in [0.1, 0.15) is 0 Å². The molecule has 0 aromatic heterocycles. The maximum atomic E-state index is 11.9. The van der Waals surface area contributed by atoms with Gasteiger partial charge in [-0.25, -0.2) is 0 Å². The molecule has 5 nitrogen and oxygen atoms in total. The van der Waals surface area contributed by atoms with Crippen molar-refractivity contribution in [3.63, 3.8) is 0 Å². The van der Waals surface area contributed by atoms with Gasteiger partial charge >= 0.3 is 0 Å². The maximum absolute atomic E-state index is 11.9. The monoisotopic (exact) mass is 372 g/mol. The lowest BCUT2D eigenvalue weighted by Gasteiger charge is -2.25. The number of unbranched alkanes of at least 4 members (excludes halogenated alkanes) is 12. The molecule has 5 heteroatoms. The van der Waals surface area contributed by atoms with Gasteiger partial charge < -0.3 is 21.3 Å². The van der Waals surface area contributed by atoms with Crippen molar-refractivity contribution in [3.05, 3.63) is 0 Å². The van der Waals surface area contributed by atoms with E-state index in [1.165, 1.54) is 70.6 Å².